The largest absolute Gasteiger partial charge is 0.480 e. The predicted octanol–water partition coefficient (Wildman–Crippen LogP) is 0.492. The number of carboxylic acids is 1. The second kappa shape index (κ2) is 36.5. The molecule has 21 heteroatoms. The molecular formula is C48H94N12O9. The molecule has 21 nitrogen and oxygen atoms in total. The second-order valence-corrected chi connectivity index (χ2v) is 19.4. The number of hydrogen-bond donors (Lipinski definition) is 13. The first-order chi connectivity index (χ1) is 32.6. The van der Waals surface area contributed by atoms with Crippen LogP contribution in [0.4, 0.5) is 0 Å². The molecule has 0 aliphatic rings. The zero-order chi connectivity index (χ0) is 52.6. The number of unbranched alkanes of at least 4 members (excludes halogenated alkanes) is 4. The smallest absolute Gasteiger partial charge is 0.326 e. The molecule has 0 aromatic carbocycles. The summed E-state index contributed by atoms with van der Waals surface area (Å²) in [5.41, 5.74) is 29.0. The first-order valence-corrected chi connectivity index (χ1v) is 25.5. The van der Waals surface area contributed by atoms with Gasteiger partial charge in [-0.3, -0.25) is 33.6 Å². The van der Waals surface area contributed by atoms with Crippen molar-refractivity contribution < 1.29 is 43.5 Å². The van der Waals surface area contributed by atoms with E-state index in [1.807, 2.05) is 41.5 Å². The van der Waals surface area contributed by atoms with Crippen molar-refractivity contribution >= 4 is 47.3 Å². The van der Waals surface area contributed by atoms with Crippen LogP contribution in [0.15, 0.2) is 0 Å². The molecule has 0 radical (unpaired) electrons. The Morgan fingerprint density at radius 1 is 0.391 bits per heavy atom. The van der Waals surface area contributed by atoms with E-state index < -0.39 is 107 Å². The minimum Gasteiger partial charge on any atom is -0.480 e. The fourth-order valence-corrected chi connectivity index (χ4v) is 7.58. The van der Waals surface area contributed by atoms with Crippen molar-refractivity contribution in [2.24, 2.45) is 52.3 Å². The van der Waals surface area contributed by atoms with Crippen LogP contribution in [-0.4, -0.2) is 127 Å². The number of aliphatic carboxylic acids is 1. The topological polar surface area (TPSA) is 371 Å². The molecule has 0 aliphatic heterocycles. The van der Waals surface area contributed by atoms with Gasteiger partial charge in [0.15, 0.2) is 0 Å². The van der Waals surface area contributed by atoms with E-state index in [0.29, 0.717) is 96.8 Å². The number of nitrogens with two attached hydrogens (primary N) is 5. The van der Waals surface area contributed by atoms with Gasteiger partial charge in [0.1, 0.15) is 42.3 Å². The molecule has 18 N–H and O–H groups in total. The number of hydrogen-bond acceptors (Lipinski definition) is 13. The highest BCUT2D eigenvalue weighted by molar-refractivity contribution is 5.97. The van der Waals surface area contributed by atoms with Crippen LogP contribution in [0.25, 0.3) is 0 Å². The van der Waals surface area contributed by atoms with Crippen molar-refractivity contribution in [2.45, 2.75) is 206 Å². The summed E-state index contributed by atoms with van der Waals surface area (Å²) in [4.78, 5) is 109. The van der Waals surface area contributed by atoms with Crippen LogP contribution < -0.4 is 65.9 Å². The number of carbonyl (C=O) groups excluding carboxylic acids is 7. The normalized spacial score (nSPS) is 15.8. The van der Waals surface area contributed by atoms with Crippen LogP contribution >= 0.6 is 0 Å². The molecule has 0 fully saturated rings. The Labute approximate surface area is 412 Å². The summed E-state index contributed by atoms with van der Waals surface area (Å²) in [6.45, 7) is 16.1. The van der Waals surface area contributed by atoms with Gasteiger partial charge in [-0.15, -0.1) is 0 Å². The Balaban J connectivity index is 6.67. The van der Waals surface area contributed by atoms with Gasteiger partial charge >= 0.3 is 5.97 Å². The Kier molecular flexibility index (Phi) is 34.1. The summed E-state index contributed by atoms with van der Waals surface area (Å²) in [5.74, 6) is -6.56. The first kappa shape index (κ1) is 64.6. The molecule has 7 amide bonds. The fraction of sp³-hybridized carbons (Fsp3) is 0.833. The lowest BCUT2D eigenvalue weighted by Gasteiger charge is -2.31. The van der Waals surface area contributed by atoms with Crippen molar-refractivity contribution in [2.75, 3.05) is 26.2 Å². The van der Waals surface area contributed by atoms with E-state index in [1.165, 1.54) is 0 Å². The summed E-state index contributed by atoms with van der Waals surface area (Å²) in [7, 11) is 0. The van der Waals surface area contributed by atoms with Gasteiger partial charge in [-0.1, -0.05) is 74.7 Å². The Morgan fingerprint density at radius 2 is 0.681 bits per heavy atom. The number of carbonyl (C=O) groups is 8. The van der Waals surface area contributed by atoms with Crippen LogP contribution in [0.5, 0.6) is 0 Å². The van der Waals surface area contributed by atoms with Gasteiger partial charge in [-0.25, -0.2) is 4.79 Å². The molecule has 0 aromatic heterocycles. The van der Waals surface area contributed by atoms with Gasteiger partial charge in [0.25, 0.3) is 0 Å². The van der Waals surface area contributed by atoms with Gasteiger partial charge < -0.3 is 71.0 Å². The highest BCUT2D eigenvalue weighted by Gasteiger charge is 2.37. The van der Waals surface area contributed by atoms with Gasteiger partial charge in [-0.2, -0.15) is 0 Å². The summed E-state index contributed by atoms with van der Waals surface area (Å²) in [6.07, 6.45) is 6.59. The second-order valence-electron chi connectivity index (χ2n) is 19.4. The third-order valence-electron chi connectivity index (χ3n) is 12.3. The molecular weight excluding hydrogens is 889 g/mol. The van der Waals surface area contributed by atoms with Crippen molar-refractivity contribution in [3.05, 3.63) is 0 Å². The van der Waals surface area contributed by atoms with Crippen molar-refractivity contribution in [3.63, 3.8) is 0 Å². The van der Waals surface area contributed by atoms with Crippen molar-refractivity contribution in [1.29, 1.82) is 0 Å². The molecule has 0 heterocycles. The van der Waals surface area contributed by atoms with Gasteiger partial charge in [0.2, 0.25) is 41.4 Å². The van der Waals surface area contributed by atoms with E-state index in [4.69, 9.17) is 28.7 Å². The zero-order valence-corrected chi connectivity index (χ0v) is 43.2. The average molecular weight is 983 g/mol. The van der Waals surface area contributed by atoms with E-state index in [0.717, 1.165) is 0 Å². The lowest BCUT2D eigenvalue weighted by atomic mass is 9.94. The summed E-state index contributed by atoms with van der Waals surface area (Å²) < 4.78 is 0. The fourth-order valence-electron chi connectivity index (χ4n) is 7.58. The van der Waals surface area contributed by atoms with Crippen LogP contribution in [0.3, 0.4) is 0 Å². The van der Waals surface area contributed by atoms with Crippen LogP contribution in [-0.2, 0) is 38.4 Å². The molecule has 0 saturated heterocycles. The lowest BCUT2D eigenvalue weighted by Crippen LogP contribution is -2.62. The maximum absolute atomic E-state index is 14.3. The molecule has 69 heavy (non-hydrogen) atoms. The maximum Gasteiger partial charge on any atom is 0.326 e. The van der Waals surface area contributed by atoms with Crippen LogP contribution in [0.1, 0.15) is 158 Å². The molecule has 10 unspecified atom stereocenters. The van der Waals surface area contributed by atoms with Gasteiger partial charge in [0, 0.05) is 0 Å². The SMILES string of the molecule is CCC(C)C(NC(=O)C(CCCCN)NC(=O)C(N)CCCCN)C(=O)NC(C(=O)NC(CCCCN)C(=O)NC(CCCCN)C(=O)NC(CC(C)C)C(=O)NC(CC(C)C)C(=O)O)C(C)CC. The first-order valence-electron chi connectivity index (χ1n) is 25.5. The van der Waals surface area contributed by atoms with E-state index in [2.05, 4.69) is 37.2 Å². The Morgan fingerprint density at radius 3 is 1.06 bits per heavy atom. The number of amides is 7. The van der Waals surface area contributed by atoms with E-state index in [-0.39, 0.29) is 43.9 Å². The average Bonchev–Trinajstić information content (AvgIpc) is 3.29. The Hall–Kier alpha value is -4.44. The number of rotatable bonds is 39. The third-order valence-corrected chi connectivity index (χ3v) is 12.3. The molecule has 0 aliphatic carbocycles. The maximum atomic E-state index is 14.3. The summed E-state index contributed by atoms with van der Waals surface area (Å²) in [6, 6.07) is -8.76. The highest BCUT2D eigenvalue weighted by Crippen LogP contribution is 2.16. The quantitative estimate of drug-likeness (QED) is 0.0373. The van der Waals surface area contributed by atoms with Gasteiger partial charge in [-0.05, 0) is 133 Å². The molecule has 0 saturated carbocycles. The van der Waals surface area contributed by atoms with Crippen molar-refractivity contribution in [3.8, 4) is 0 Å². The van der Waals surface area contributed by atoms with E-state index in [1.54, 1.807) is 13.8 Å². The monoisotopic (exact) mass is 983 g/mol. The standard InChI is InChI=1S/C48H94N12O9/c1-9-31(7)39(60-47(67)40(32(8)10-2)59-44(64)36(22-14-18-26-52)54-41(61)33(53)19-11-15-23-49)46(66)56-35(21-13-17-25-51)42(62)55-34(20-12-16-24-50)43(63)57-37(27-29(3)4)45(65)58-38(48(68)69)28-30(5)6/h29-40H,9-28,49-53H2,1-8H3,(H,54,61)(H,55,62)(H,56,66)(H,57,63)(H,58,65)(H,59,64)(H,60,67)(H,68,69). The van der Waals surface area contributed by atoms with E-state index >= 15 is 0 Å². The van der Waals surface area contributed by atoms with Crippen LogP contribution in [0, 0.1) is 23.7 Å². The predicted molar refractivity (Wildman–Crippen MR) is 269 cm³/mol. The minimum atomic E-state index is -1.20. The lowest BCUT2D eigenvalue weighted by molar-refractivity contribution is -0.143. The van der Waals surface area contributed by atoms with Crippen molar-refractivity contribution in [1.82, 2.24) is 37.2 Å². The molecule has 0 bridgehead atoms. The zero-order valence-electron chi connectivity index (χ0n) is 43.2. The summed E-state index contributed by atoms with van der Waals surface area (Å²) >= 11 is 0. The summed E-state index contributed by atoms with van der Waals surface area (Å²) in [5, 5.41) is 29.1. The highest BCUT2D eigenvalue weighted by atomic mass is 16.4. The third kappa shape index (κ3) is 26.4. The molecule has 0 rings (SSSR count). The molecule has 10 atom stereocenters. The molecule has 400 valence electrons. The van der Waals surface area contributed by atoms with Crippen LogP contribution in [0.2, 0.25) is 0 Å². The number of nitrogens with one attached hydrogen (secondary N) is 7. The molecule has 0 spiro atoms. The number of carboxylic acid groups (broad SMARTS) is 1. The Bertz CT molecular complexity index is 1550. The minimum absolute atomic E-state index is 0.0322. The van der Waals surface area contributed by atoms with Gasteiger partial charge in [0.05, 0.1) is 6.04 Å². The van der Waals surface area contributed by atoms with E-state index in [9.17, 15) is 43.5 Å². The molecule has 0 aromatic rings.